The summed E-state index contributed by atoms with van der Waals surface area (Å²) < 4.78 is 36.0. The maximum Gasteiger partial charge on any atom is 0.213 e. The second-order valence-electron chi connectivity index (χ2n) is 7.63. The Bertz CT molecular complexity index is 1010. The van der Waals surface area contributed by atoms with Crippen molar-refractivity contribution in [2.45, 2.75) is 38.0 Å². The van der Waals surface area contributed by atoms with Crippen LogP contribution in [0.4, 0.5) is 5.82 Å². The number of nitrogens with zero attached hydrogens (tertiary/aromatic N) is 4. The van der Waals surface area contributed by atoms with Crippen molar-refractivity contribution in [2.75, 3.05) is 37.5 Å². The molecule has 4 rings (SSSR count). The van der Waals surface area contributed by atoms with E-state index >= 15 is 0 Å². The van der Waals surface area contributed by atoms with Gasteiger partial charge in [-0.15, -0.1) is 0 Å². The Balaban J connectivity index is 1.85. The molecule has 2 aromatic rings. The van der Waals surface area contributed by atoms with Crippen molar-refractivity contribution < 1.29 is 17.9 Å². The number of pyridine rings is 1. The van der Waals surface area contributed by atoms with Gasteiger partial charge in [-0.25, -0.2) is 23.4 Å². The molecule has 2 atom stereocenters. The van der Waals surface area contributed by atoms with Crippen LogP contribution in [-0.2, 0) is 14.6 Å². The molecule has 0 aliphatic carbocycles. The molecule has 2 aromatic heterocycles. The second kappa shape index (κ2) is 7.87. The van der Waals surface area contributed by atoms with Crippen LogP contribution in [0.25, 0.3) is 11.4 Å². The molecule has 29 heavy (non-hydrogen) atoms. The molecule has 4 heterocycles. The summed E-state index contributed by atoms with van der Waals surface area (Å²) in [5, 5.41) is -0.579. The minimum absolute atomic E-state index is 0.147. The van der Waals surface area contributed by atoms with Crippen LogP contribution in [0.5, 0.6) is 5.88 Å². The summed E-state index contributed by atoms with van der Waals surface area (Å²) in [6.45, 7) is 5.88. The van der Waals surface area contributed by atoms with E-state index in [1.54, 1.807) is 13.2 Å². The number of methoxy groups -OCH3 is 1. The number of aryl methyl sites for hydroxylation is 1. The van der Waals surface area contributed by atoms with Crippen LogP contribution in [0.15, 0.2) is 18.2 Å². The van der Waals surface area contributed by atoms with Crippen molar-refractivity contribution in [3.05, 3.63) is 29.6 Å². The molecule has 0 saturated carbocycles. The van der Waals surface area contributed by atoms with Gasteiger partial charge in [0.15, 0.2) is 15.7 Å². The molecule has 2 aliphatic heterocycles. The molecule has 8 nitrogen and oxygen atoms in total. The number of hydrogen-bond acceptors (Lipinski definition) is 8. The van der Waals surface area contributed by atoms with Crippen molar-refractivity contribution in [2.24, 2.45) is 0 Å². The highest BCUT2D eigenvalue weighted by Crippen LogP contribution is 2.36. The highest BCUT2D eigenvalue weighted by molar-refractivity contribution is 7.91. The van der Waals surface area contributed by atoms with Gasteiger partial charge in [-0.2, -0.15) is 0 Å². The van der Waals surface area contributed by atoms with E-state index in [0.29, 0.717) is 50.0 Å². The summed E-state index contributed by atoms with van der Waals surface area (Å²) >= 11 is 0. The smallest absolute Gasteiger partial charge is 0.213 e. The first-order valence-electron chi connectivity index (χ1n) is 9.85. The first kappa shape index (κ1) is 20.0. The lowest BCUT2D eigenvalue weighted by Crippen LogP contribution is -2.44. The Labute approximate surface area is 171 Å². The zero-order valence-corrected chi connectivity index (χ0v) is 17.8. The van der Waals surface area contributed by atoms with Crippen molar-refractivity contribution in [3.63, 3.8) is 0 Å². The average molecular weight is 419 g/mol. The van der Waals surface area contributed by atoms with Crippen molar-refractivity contribution >= 4 is 15.7 Å². The fourth-order valence-corrected chi connectivity index (χ4v) is 5.82. The highest BCUT2D eigenvalue weighted by Gasteiger charge is 2.35. The van der Waals surface area contributed by atoms with E-state index in [-0.39, 0.29) is 11.8 Å². The highest BCUT2D eigenvalue weighted by atomic mass is 32.2. The lowest BCUT2D eigenvalue weighted by Gasteiger charge is -2.34. The third kappa shape index (κ3) is 4.06. The quantitative estimate of drug-likeness (QED) is 0.747. The Morgan fingerprint density at radius 2 is 2.03 bits per heavy atom. The van der Waals surface area contributed by atoms with Crippen molar-refractivity contribution in [1.82, 2.24) is 15.0 Å². The van der Waals surface area contributed by atoms with E-state index in [4.69, 9.17) is 14.5 Å². The van der Waals surface area contributed by atoms with E-state index in [1.165, 1.54) is 0 Å². The van der Waals surface area contributed by atoms with Crippen LogP contribution in [0.1, 0.15) is 36.4 Å². The molecule has 9 heteroatoms. The number of aromatic nitrogens is 3. The summed E-state index contributed by atoms with van der Waals surface area (Å²) in [7, 11) is -1.63. The third-order valence-corrected chi connectivity index (χ3v) is 7.65. The van der Waals surface area contributed by atoms with Crippen molar-refractivity contribution in [1.29, 1.82) is 0 Å². The topological polar surface area (TPSA) is 94.5 Å². The van der Waals surface area contributed by atoms with Crippen molar-refractivity contribution in [3.8, 4) is 17.3 Å². The number of sulfone groups is 1. The lowest BCUT2D eigenvalue weighted by atomic mass is 10.1. The van der Waals surface area contributed by atoms with Gasteiger partial charge in [0.2, 0.25) is 5.88 Å². The van der Waals surface area contributed by atoms with Gasteiger partial charge in [-0.1, -0.05) is 0 Å². The van der Waals surface area contributed by atoms with Crippen LogP contribution in [0.3, 0.4) is 0 Å². The zero-order chi connectivity index (χ0) is 20.6. The molecule has 2 fully saturated rings. The molecule has 0 aromatic carbocycles. The Morgan fingerprint density at radius 1 is 1.21 bits per heavy atom. The molecule has 0 spiro atoms. The predicted molar refractivity (Wildman–Crippen MR) is 110 cm³/mol. The molecule has 0 amide bonds. The molecular weight excluding hydrogens is 392 g/mol. The number of anilines is 1. The average Bonchev–Trinajstić information content (AvgIpc) is 3.06. The molecule has 2 saturated heterocycles. The summed E-state index contributed by atoms with van der Waals surface area (Å²) in [4.78, 5) is 16.0. The van der Waals surface area contributed by atoms with E-state index < -0.39 is 15.1 Å². The molecule has 0 unspecified atom stereocenters. The molecule has 2 aliphatic rings. The first-order valence-corrected chi connectivity index (χ1v) is 11.6. The summed E-state index contributed by atoms with van der Waals surface area (Å²) in [5.74, 6) is 1.91. The molecule has 156 valence electrons. The fraction of sp³-hybridized carbons (Fsp3) is 0.550. The van der Waals surface area contributed by atoms with Gasteiger partial charge in [0.05, 0.1) is 37.8 Å². The Hall–Kier alpha value is -2.26. The van der Waals surface area contributed by atoms with Gasteiger partial charge in [0, 0.05) is 29.9 Å². The van der Waals surface area contributed by atoms with Crippen LogP contribution in [-0.4, -0.2) is 62.0 Å². The van der Waals surface area contributed by atoms with Crippen LogP contribution < -0.4 is 9.64 Å². The molecule has 0 bridgehead atoms. The molecular formula is C20H26N4O4S. The maximum absolute atomic E-state index is 12.6. The van der Waals surface area contributed by atoms with Crippen LogP contribution >= 0.6 is 0 Å². The van der Waals surface area contributed by atoms with Gasteiger partial charge in [0.25, 0.3) is 0 Å². The third-order valence-electron chi connectivity index (χ3n) is 5.45. The SMILES string of the molecule is COc1cc(-c2nc([C@H]3CCCS3(=O)=O)cc(N3CCOC[C@H]3C)n2)cc(C)n1. The normalized spacial score (nSPS) is 23.9. The predicted octanol–water partition coefficient (Wildman–Crippen LogP) is 2.33. The number of ether oxygens (including phenoxy) is 2. The summed E-state index contributed by atoms with van der Waals surface area (Å²) in [6.07, 6.45) is 1.26. The number of rotatable bonds is 4. The lowest BCUT2D eigenvalue weighted by molar-refractivity contribution is 0.0985. The van der Waals surface area contributed by atoms with Gasteiger partial charge in [0.1, 0.15) is 11.1 Å². The number of morpholine rings is 1. The molecule has 0 radical (unpaired) electrons. The summed E-state index contributed by atoms with van der Waals surface area (Å²) in [6, 6.07) is 5.65. The molecule has 0 N–H and O–H groups in total. The Morgan fingerprint density at radius 3 is 2.72 bits per heavy atom. The minimum Gasteiger partial charge on any atom is -0.481 e. The fourth-order valence-electron chi connectivity index (χ4n) is 3.96. The van der Waals surface area contributed by atoms with Gasteiger partial charge in [-0.3, -0.25) is 0 Å². The summed E-state index contributed by atoms with van der Waals surface area (Å²) in [5.41, 5.74) is 2.10. The van der Waals surface area contributed by atoms with Crippen LogP contribution in [0.2, 0.25) is 0 Å². The van der Waals surface area contributed by atoms with E-state index in [9.17, 15) is 8.42 Å². The standard InChI is InChI=1S/C20H26N4O4S/c1-13-9-15(10-19(21-13)27-3)20-22-16(17-5-4-8-29(17,25)26)11-18(23-20)24-6-7-28-12-14(24)2/h9-11,14,17H,4-8,12H2,1-3H3/t14-,17-/m1/s1. The van der Waals surface area contributed by atoms with E-state index in [2.05, 4.69) is 21.8 Å². The second-order valence-corrected chi connectivity index (χ2v) is 9.93. The Kier molecular flexibility index (Phi) is 5.44. The van der Waals surface area contributed by atoms with E-state index in [0.717, 1.165) is 17.1 Å². The minimum atomic E-state index is -3.19. The number of hydrogen-bond donors (Lipinski definition) is 0. The van der Waals surface area contributed by atoms with Gasteiger partial charge in [-0.05, 0) is 32.8 Å². The first-order chi connectivity index (χ1) is 13.9. The van der Waals surface area contributed by atoms with Crippen LogP contribution in [0, 0.1) is 6.92 Å². The van der Waals surface area contributed by atoms with Gasteiger partial charge >= 0.3 is 0 Å². The van der Waals surface area contributed by atoms with E-state index in [1.807, 2.05) is 19.1 Å². The maximum atomic E-state index is 12.6. The monoisotopic (exact) mass is 418 g/mol. The zero-order valence-electron chi connectivity index (χ0n) is 17.0. The van der Waals surface area contributed by atoms with Gasteiger partial charge < -0.3 is 14.4 Å². The largest absolute Gasteiger partial charge is 0.481 e.